The van der Waals surface area contributed by atoms with Gasteiger partial charge in [0.1, 0.15) is 0 Å². The topological polar surface area (TPSA) is 50.7 Å². The van der Waals surface area contributed by atoms with Crippen LogP contribution >= 0.6 is 11.8 Å². The van der Waals surface area contributed by atoms with Crippen LogP contribution in [0.15, 0.2) is 0 Å². The van der Waals surface area contributed by atoms with Gasteiger partial charge in [-0.2, -0.15) is 11.8 Å². The highest BCUT2D eigenvalue weighted by Gasteiger charge is 2.39. The Balaban J connectivity index is 1.78. The van der Waals surface area contributed by atoms with Crippen LogP contribution in [0.3, 0.4) is 0 Å². The zero-order valence-corrected chi connectivity index (χ0v) is 13.6. The Kier molecular flexibility index (Phi) is 6.17. The molecule has 2 unspecified atom stereocenters. The summed E-state index contributed by atoms with van der Waals surface area (Å²) in [5.41, 5.74) is -0.580. The predicted octanol–water partition coefficient (Wildman–Crippen LogP) is 1.81. The van der Waals surface area contributed by atoms with E-state index in [1.165, 1.54) is 24.3 Å². The van der Waals surface area contributed by atoms with Gasteiger partial charge in [-0.1, -0.05) is 0 Å². The molecule has 2 aliphatic heterocycles. The van der Waals surface area contributed by atoms with E-state index >= 15 is 0 Å². The van der Waals surface area contributed by atoms with E-state index in [0.29, 0.717) is 25.6 Å². The van der Waals surface area contributed by atoms with Gasteiger partial charge in [-0.15, -0.1) is 0 Å². The third-order valence-electron chi connectivity index (χ3n) is 4.51. The maximum absolute atomic E-state index is 10.3. The molecule has 5 heteroatoms. The Morgan fingerprint density at radius 2 is 2.20 bits per heavy atom. The van der Waals surface area contributed by atoms with Crippen molar-refractivity contribution in [3.63, 3.8) is 0 Å². The van der Waals surface area contributed by atoms with Gasteiger partial charge in [0.2, 0.25) is 0 Å². The molecule has 4 nitrogen and oxygen atoms in total. The van der Waals surface area contributed by atoms with Crippen LogP contribution in [0.25, 0.3) is 0 Å². The quantitative estimate of drug-likeness (QED) is 0.784. The summed E-state index contributed by atoms with van der Waals surface area (Å²) in [5.74, 6) is 2.44. The average Bonchev–Trinajstić information content (AvgIpc) is 2.44. The van der Waals surface area contributed by atoms with E-state index in [0.717, 1.165) is 19.4 Å². The number of thioether (sulfide) groups is 1. The molecule has 2 atom stereocenters. The molecule has 2 N–H and O–H groups in total. The van der Waals surface area contributed by atoms with Crippen LogP contribution in [0.5, 0.6) is 0 Å². The standard InChI is InChI=1S/C15H29NO3S/c1-14(17,4-8-18-2)12-16-13-3-7-19-15(11-13)5-9-20-10-6-15/h13,16-17H,3-12H2,1-2H3. The van der Waals surface area contributed by atoms with Crippen molar-refractivity contribution >= 4 is 11.8 Å². The van der Waals surface area contributed by atoms with Crippen LogP contribution in [0.1, 0.15) is 39.0 Å². The molecule has 2 rings (SSSR count). The molecule has 0 aromatic carbocycles. The molecule has 0 radical (unpaired) electrons. The maximum Gasteiger partial charge on any atom is 0.0765 e. The second-order valence-corrected chi connectivity index (χ2v) is 7.68. The normalized spacial score (nSPS) is 29.2. The van der Waals surface area contributed by atoms with E-state index in [1.807, 2.05) is 18.7 Å². The Hall–Kier alpha value is 0.190. The molecule has 2 saturated heterocycles. The Bertz CT molecular complexity index is 287. The van der Waals surface area contributed by atoms with Gasteiger partial charge < -0.3 is 19.9 Å². The molecular formula is C15H29NO3S. The number of methoxy groups -OCH3 is 1. The van der Waals surface area contributed by atoms with Crippen LogP contribution in [0, 0.1) is 0 Å². The van der Waals surface area contributed by atoms with Crippen molar-refractivity contribution in [2.75, 3.05) is 38.4 Å². The lowest BCUT2D eigenvalue weighted by Gasteiger charge is -2.44. The first kappa shape index (κ1) is 16.6. The summed E-state index contributed by atoms with van der Waals surface area (Å²) in [6, 6.07) is 0.473. The number of aliphatic hydroxyl groups is 1. The van der Waals surface area contributed by atoms with Crippen molar-refractivity contribution in [3.8, 4) is 0 Å². The summed E-state index contributed by atoms with van der Waals surface area (Å²) in [5, 5.41) is 13.9. The average molecular weight is 303 g/mol. The number of nitrogens with one attached hydrogen (secondary N) is 1. The first-order valence-corrected chi connectivity index (χ1v) is 8.87. The fourth-order valence-electron chi connectivity index (χ4n) is 3.07. The van der Waals surface area contributed by atoms with Gasteiger partial charge in [0.25, 0.3) is 0 Å². The van der Waals surface area contributed by atoms with E-state index in [-0.39, 0.29) is 5.60 Å². The maximum atomic E-state index is 10.3. The summed E-state index contributed by atoms with van der Waals surface area (Å²) in [7, 11) is 1.67. The highest BCUT2D eigenvalue weighted by atomic mass is 32.2. The molecule has 2 aliphatic rings. The Morgan fingerprint density at radius 3 is 2.90 bits per heavy atom. The van der Waals surface area contributed by atoms with Crippen molar-refractivity contribution in [3.05, 3.63) is 0 Å². The summed E-state index contributed by atoms with van der Waals surface area (Å²) in [4.78, 5) is 0. The smallest absolute Gasteiger partial charge is 0.0765 e. The molecule has 118 valence electrons. The van der Waals surface area contributed by atoms with E-state index in [9.17, 15) is 5.11 Å². The SMILES string of the molecule is COCCC(C)(O)CNC1CCOC2(CCSCC2)C1. The van der Waals surface area contributed by atoms with Gasteiger partial charge in [-0.05, 0) is 44.1 Å². The second kappa shape index (κ2) is 7.45. The van der Waals surface area contributed by atoms with Gasteiger partial charge >= 0.3 is 0 Å². The van der Waals surface area contributed by atoms with Crippen LogP contribution in [0.4, 0.5) is 0 Å². The van der Waals surface area contributed by atoms with E-state index in [1.54, 1.807) is 7.11 Å². The van der Waals surface area contributed by atoms with Gasteiger partial charge in [0, 0.05) is 39.3 Å². The first-order chi connectivity index (χ1) is 9.55. The predicted molar refractivity (Wildman–Crippen MR) is 83.4 cm³/mol. The van der Waals surface area contributed by atoms with Crippen molar-refractivity contribution in [2.24, 2.45) is 0 Å². The van der Waals surface area contributed by atoms with Crippen LogP contribution in [-0.2, 0) is 9.47 Å². The first-order valence-electron chi connectivity index (χ1n) is 7.72. The fraction of sp³-hybridized carbons (Fsp3) is 1.00. The van der Waals surface area contributed by atoms with Crippen LogP contribution in [0.2, 0.25) is 0 Å². The molecule has 2 fully saturated rings. The van der Waals surface area contributed by atoms with Crippen LogP contribution in [-0.4, -0.2) is 60.7 Å². The monoisotopic (exact) mass is 303 g/mol. The Labute approximate surface area is 127 Å². The third-order valence-corrected chi connectivity index (χ3v) is 5.50. The molecule has 0 bridgehead atoms. The molecule has 0 aromatic rings. The largest absolute Gasteiger partial charge is 0.389 e. The van der Waals surface area contributed by atoms with Crippen LogP contribution < -0.4 is 5.32 Å². The molecular weight excluding hydrogens is 274 g/mol. The van der Waals surface area contributed by atoms with Crippen molar-refractivity contribution in [1.29, 1.82) is 0 Å². The van der Waals surface area contributed by atoms with Gasteiger partial charge in [0.15, 0.2) is 0 Å². The molecule has 0 saturated carbocycles. The van der Waals surface area contributed by atoms with Gasteiger partial charge in [-0.25, -0.2) is 0 Å². The number of ether oxygens (including phenoxy) is 2. The fourth-order valence-corrected chi connectivity index (χ4v) is 4.31. The summed E-state index contributed by atoms with van der Waals surface area (Å²) in [6.07, 6.45) is 5.16. The minimum Gasteiger partial charge on any atom is -0.389 e. The minimum absolute atomic E-state index is 0.111. The molecule has 0 aliphatic carbocycles. The molecule has 20 heavy (non-hydrogen) atoms. The molecule has 0 amide bonds. The van der Waals surface area contributed by atoms with Crippen molar-refractivity contribution < 1.29 is 14.6 Å². The lowest BCUT2D eigenvalue weighted by Crippen LogP contribution is -2.51. The lowest BCUT2D eigenvalue weighted by molar-refractivity contribution is -0.0954. The van der Waals surface area contributed by atoms with Gasteiger partial charge in [-0.3, -0.25) is 0 Å². The second-order valence-electron chi connectivity index (χ2n) is 6.45. The van der Waals surface area contributed by atoms with Crippen molar-refractivity contribution in [2.45, 2.75) is 56.3 Å². The number of hydrogen-bond acceptors (Lipinski definition) is 5. The van der Waals surface area contributed by atoms with E-state index in [2.05, 4.69) is 5.32 Å². The Morgan fingerprint density at radius 1 is 1.45 bits per heavy atom. The lowest BCUT2D eigenvalue weighted by atomic mass is 9.85. The summed E-state index contributed by atoms with van der Waals surface area (Å²) in [6.45, 7) is 3.96. The molecule has 0 aromatic heterocycles. The molecule has 2 heterocycles. The minimum atomic E-state index is -0.691. The number of hydrogen-bond donors (Lipinski definition) is 2. The summed E-state index contributed by atoms with van der Waals surface area (Å²) < 4.78 is 11.1. The molecule has 1 spiro atoms. The summed E-state index contributed by atoms with van der Waals surface area (Å²) >= 11 is 2.04. The zero-order valence-electron chi connectivity index (χ0n) is 12.8. The highest BCUT2D eigenvalue weighted by Crippen LogP contribution is 2.37. The van der Waals surface area contributed by atoms with Gasteiger partial charge in [0.05, 0.1) is 11.2 Å². The number of rotatable bonds is 6. The van der Waals surface area contributed by atoms with E-state index < -0.39 is 5.60 Å². The highest BCUT2D eigenvalue weighted by molar-refractivity contribution is 7.99. The third kappa shape index (κ3) is 4.88. The zero-order chi connectivity index (χ0) is 14.5. The van der Waals surface area contributed by atoms with Crippen molar-refractivity contribution in [1.82, 2.24) is 5.32 Å². The van der Waals surface area contributed by atoms with E-state index in [4.69, 9.17) is 9.47 Å².